The number of carboxylic acids is 1. The topological polar surface area (TPSA) is 144 Å². The smallest absolute Gasteiger partial charge is 0.413 e. The molecule has 0 unspecified atom stereocenters. The summed E-state index contributed by atoms with van der Waals surface area (Å²) < 4.78 is 10.3. The van der Waals surface area contributed by atoms with Gasteiger partial charge in [0.2, 0.25) is 0 Å². The zero-order chi connectivity index (χ0) is 24.4. The first kappa shape index (κ1) is 22.3. The van der Waals surface area contributed by atoms with E-state index in [4.69, 9.17) is 14.4 Å². The molecule has 1 aliphatic carbocycles. The Labute approximate surface area is 202 Å². The molecule has 0 fully saturated rings. The first-order chi connectivity index (χ1) is 17.0. The molecular weight excluding hydrogens is 472 g/mol. The molecule has 10 nitrogen and oxygen atoms in total. The van der Waals surface area contributed by atoms with Crippen LogP contribution in [0.15, 0.2) is 64.5 Å². The van der Waals surface area contributed by atoms with Crippen molar-refractivity contribution in [3.63, 3.8) is 0 Å². The fourth-order valence-corrected chi connectivity index (χ4v) is 4.59. The van der Waals surface area contributed by atoms with Gasteiger partial charge in [0.25, 0.3) is 5.91 Å². The number of carbonyl (C=O) groups is 3. The van der Waals surface area contributed by atoms with E-state index >= 15 is 0 Å². The number of thiazole rings is 1. The van der Waals surface area contributed by atoms with Crippen molar-refractivity contribution in [2.24, 2.45) is 0 Å². The normalized spacial score (nSPS) is 12.0. The van der Waals surface area contributed by atoms with Crippen molar-refractivity contribution < 1.29 is 28.8 Å². The van der Waals surface area contributed by atoms with Crippen molar-refractivity contribution in [3.05, 3.63) is 88.3 Å². The summed E-state index contributed by atoms with van der Waals surface area (Å²) in [6.45, 7) is 0.0971. The number of fused-ring (bicyclic) bond motifs is 3. The van der Waals surface area contributed by atoms with Crippen LogP contribution in [0.5, 0.6) is 0 Å². The van der Waals surface area contributed by atoms with Crippen LogP contribution < -0.4 is 10.6 Å². The van der Waals surface area contributed by atoms with Crippen molar-refractivity contribution in [1.29, 1.82) is 0 Å². The number of nitrogens with one attached hydrogen (secondary N) is 2. The number of ether oxygens (including phenoxy) is 1. The number of rotatable bonds is 7. The molecule has 0 saturated carbocycles. The highest BCUT2D eigenvalue weighted by Gasteiger charge is 2.29. The van der Waals surface area contributed by atoms with Crippen molar-refractivity contribution in [2.75, 3.05) is 11.9 Å². The predicted octanol–water partition coefficient (Wildman–Crippen LogP) is 4.12. The first-order valence-corrected chi connectivity index (χ1v) is 11.4. The minimum Gasteiger partial charge on any atom is -0.476 e. The molecule has 2 aromatic carbocycles. The number of amides is 2. The minimum absolute atomic E-state index is 0.0637. The Kier molecular flexibility index (Phi) is 5.98. The summed E-state index contributed by atoms with van der Waals surface area (Å²) in [4.78, 5) is 39.6. The molecule has 11 heteroatoms. The zero-order valence-corrected chi connectivity index (χ0v) is 18.9. The van der Waals surface area contributed by atoms with Crippen LogP contribution in [-0.4, -0.2) is 39.8 Å². The van der Waals surface area contributed by atoms with Gasteiger partial charge in [0.15, 0.2) is 16.6 Å². The Bertz CT molecular complexity index is 1380. The van der Waals surface area contributed by atoms with Gasteiger partial charge in [-0.3, -0.25) is 10.1 Å². The van der Waals surface area contributed by atoms with Crippen LogP contribution >= 0.6 is 11.3 Å². The fourth-order valence-electron chi connectivity index (χ4n) is 3.91. The van der Waals surface area contributed by atoms with E-state index in [1.54, 1.807) is 0 Å². The van der Waals surface area contributed by atoms with Gasteiger partial charge < -0.3 is 19.7 Å². The Morgan fingerprint density at radius 1 is 1.03 bits per heavy atom. The molecule has 35 heavy (non-hydrogen) atoms. The first-order valence-electron chi connectivity index (χ1n) is 10.5. The van der Waals surface area contributed by atoms with E-state index in [2.05, 4.69) is 32.9 Å². The molecule has 0 spiro atoms. The van der Waals surface area contributed by atoms with E-state index in [0.29, 0.717) is 0 Å². The SMILES string of the molecule is O=C(Nc1nc(C(=O)NCc2cc(C(=O)O)no2)cs1)OCC1c2ccccc2-c2ccccc21. The fraction of sp³-hybridized carbons (Fsp3) is 0.125. The third kappa shape index (κ3) is 4.62. The molecule has 2 amide bonds. The lowest BCUT2D eigenvalue weighted by atomic mass is 9.98. The van der Waals surface area contributed by atoms with Gasteiger partial charge in [0.1, 0.15) is 12.3 Å². The second-order valence-electron chi connectivity index (χ2n) is 7.65. The molecule has 4 aromatic rings. The number of carbonyl (C=O) groups excluding carboxylic acids is 2. The summed E-state index contributed by atoms with van der Waals surface area (Å²) in [5.74, 6) is -1.63. The zero-order valence-electron chi connectivity index (χ0n) is 18.1. The number of nitrogens with zero attached hydrogens (tertiary/aromatic N) is 2. The van der Waals surface area contributed by atoms with Gasteiger partial charge in [-0.25, -0.2) is 14.6 Å². The summed E-state index contributed by atoms with van der Waals surface area (Å²) in [5.41, 5.74) is 4.32. The summed E-state index contributed by atoms with van der Waals surface area (Å²) >= 11 is 1.07. The highest BCUT2D eigenvalue weighted by atomic mass is 32.1. The molecule has 176 valence electrons. The molecule has 1 aliphatic rings. The summed E-state index contributed by atoms with van der Waals surface area (Å²) in [6.07, 6.45) is -0.670. The molecule has 0 radical (unpaired) electrons. The van der Waals surface area contributed by atoms with Gasteiger partial charge in [-0.2, -0.15) is 0 Å². The van der Waals surface area contributed by atoms with Crippen molar-refractivity contribution in [2.45, 2.75) is 12.5 Å². The number of aromatic carboxylic acids is 1. The minimum atomic E-state index is -1.23. The maximum Gasteiger partial charge on any atom is 0.413 e. The Balaban J connectivity index is 1.16. The van der Waals surface area contributed by atoms with Gasteiger partial charge in [-0.05, 0) is 22.3 Å². The molecule has 0 bridgehead atoms. The number of aromatic nitrogens is 2. The lowest BCUT2D eigenvalue weighted by Crippen LogP contribution is -2.23. The molecule has 0 saturated heterocycles. The van der Waals surface area contributed by atoms with Crippen molar-refractivity contribution in [1.82, 2.24) is 15.5 Å². The van der Waals surface area contributed by atoms with Crippen LogP contribution in [0.2, 0.25) is 0 Å². The van der Waals surface area contributed by atoms with Gasteiger partial charge >= 0.3 is 12.1 Å². The van der Waals surface area contributed by atoms with Gasteiger partial charge in [-0.15, -0.1) is 11.3 Å². The van der Waals surface area contributed by atoms with Crippen molar-refractivity contribution in [3.8, 4) is 11.1 Å². The lowest BCUT2D eigenvalue weighted by Gasteiger charge is -2.14. The highest BCUT2D eigenvalue weighted by molar-refractivity contribution is 7.14. The van der Waals surface area contributed by atoms with E-state index in [0.717, 1.165) is 33.6 Å². The number of hydrogen-bond acceptors (Lipinski definition) is 8. The second-order valence-corrected chi connectivity index (χ2v) is 8.51. The number of carboxylic acid groups (broad SMARTS) is 1. The third-order valence-corrected chi connectivity index (χ3v) is 6.25. The Morgan fingerprint density at radius 3 is 2.37 bits per heavy atom. The molecule has 3 N–H and O–H groups in total. The molecule has 2 heterocycles. The van der Waals surface area contributed by atoms with Crippen LogP contribution in [0, 0.1) is 0 Å². The van der Waals surface area contributed by atoms with Crippen LogP contribution in [0.3, 0.4) is 0 Å². The van der Waals surface area contributed by atoms with Gasteiger partial charge in [0, 0.05) is 17.4 Å². The number of anilines is 1. The molecule has 5 rings (SSSR count). The van der Waals surface area contributed by atoms with Crippen LogP contribution in [-0.2, 0) is 11.3 Å². The molecule has 0 aliphatic heterocycles. The second kappa shape index (κ2) is 9.39. The molecular formula is C24H18N4O6S. The maximum atomic E-state index is 12.4. The average Bonchev–Trinajstić information content (AvgIpc) is 3.59. The van der Waals surface area contributed by atoms with Crippen LogP contribution in [0.4, 0.5) is 9.93 Å². The van der Waals surface area contributed by atoms with E-state index in [-0.39, 0.29) is 41.3 Å². The predicted molar refractivity (Wildman–Crippen MR) is 125 cm³/mol. The number of benzene rings is 2. The monoisotopic (exact) mass is 490 g/mol. The van der Waals surface area contributed by atoms with E-state index in [1.165, 1.54) is 11.4 Å². The third-order valence-electron chi connectivity index (χ3n) is 5.49. The largest absolute Gasteiger partial charge is 0.476 e. The summed E-state index contributed by atoms with van der Waals surface area (Å²) in [6, 6.07) is 17.3. The average molecular weight is 490 g/mol. The Morgan fingerprint density at radius 2 is 1.71 bits per heavy atom. The van der Waals surface area contributed by atoms with Crippen molar-refractivity contribution >= 4 is 34.4 Å². The van der Waals surface area contributed by atoms with Crippen LogP contribution in [0.25, 0.3) is 11.1 Å². The Hall–Kier alpha value is -4.51. The van der Waals surface area contributed by atoms with Gasteiger partial charge in [-0.1, -0.05) is 53.7 Å². The number of hydrogen-bond donors (Lipinski definition) is 3. The lowest BCUT2D eigenvalue weighted by molar-refractivity contribution is 0.0685. The summed E-state index contributed by atoms with van der Waals surface area (Å²) in [5, 5.41) is 19.0. The molecule has 0 atom stereocenters. The van der Waals surface area contributed by atoms with E-state index in [1.807, 2.05) is 36.4 Å². The van der Waals surface area contributed by atoms with Gasteiger partial charge in [0.05, 0.1) is 6.54 Å². The van der Waals surface area contributed by atoms with Crippen LogP contribution in [0.1, 0.15) is 43.8 Å². The highest BCUT2D eigenvalue weighted by Crippen LogP contribution is 2.44. The summed E-state index contributed by atoms with van der Waals surface area (Å²) in [7, 11) is 0. The molecule has 2 aromatic heterocycles. The standard InChI is InChI=1S/C24H18N4O6S/c29-21(25-10-13-9-19(22(30)31)28-34-13)20-12-35-23(26-20)27-24(32)33-11-18-16-7-3-1-5-14(16)15-6-2-4-8-17(15)18/h1-9,12,18H,10-11H2,(H,25,29)(H,30,31)(H,26,27,32). The quantitative estimate of drug-likeness (QED) is 0.351. The van der Waals surface area contributed by atoms with E-state index in [9.17, 15) is 14.4 Å². The van der Waals surface area contributed by atoms with E-state index < -0.39 is 18.0 Å². The maximum absolute atomic E-state index is 12.4.